The highest BCUT2D eigenvalue weighted by molar-refractivity contribution is 5.52. The minimum atomic E-state index is -0.0733. The molecule has 0 saturated heterocycles. The number of nitrogens with zero attached hydrogens (tertiary/aromatic N) is 3. The van der Waals surface area contributed by atoms with Crippen molar-refractivity contribution in [2.24, 2.45) is 0 Å². The molecule has 128 valence electrons. The Morgan fingerprint density at radius 3 is 2.84 bits per heavy atom. The fourth-order valence-corrected chi connectivity index (χ4v) is 3.03. The lowest BCUT2D eigenvalue weighted by Gasteiger charge is -2.32. The molecule has 2 heterocycles. The highest BCUT2D eigenvalue weighted by Crippen LogP contribution is 2.34. The van der Waals surface area contributed by atoms with E-state index in [1.54, 1.807) is 11.0 Å². The number of fused-ring (bicyclic) bond motifs is 1. The monoisotopic (exact) mass is 334 g/mol. The molecule has 0 atom stereocenters. The Labute approximate surface area is 147 Å². The van der Waals surface area contributed by atoms with Crippen molar-refractivity contribution in [2.75, 3.05) is 5.32 Å². The van der Waals surface area contributed by atoms with Crippen LogP contribution in [0, 0.1) is 0 Å². The fraction of sp³-hybridized carbons (Fsp3) is 0.300. The summed E-state index contributed by atoms with van der Waals surface area (Å²) < 4.78 is 7.83. The number of para-hydroxylation sites is 1. The summed E-state index contributed by atoms with van der Waals surface area (Å²) in [5.41, 5.74) is 3.26. The predicted octanol–water partition coefficient (Wildman–Crippen LogP) is 3.98. The third-order valence-electron chi connectivity index (χ3n) is 4.45. The average molecular weight is 334 g/mol. The van der Waals surface area contributed by atoms with Crippen molar-refractivity contribution in [3.05, 3.63) is 66.2 Å². The Kier molecular flexibility index (Phi) is 3.92. The van der Waals surface area contributed by atoms with Crippen LogP contribution in [-0.4, -0.2) is 20.4 Å². The molecule has 4 rings (SSSR count). The molecule has 0 fully saturated rings. The van der Waals surface area contributed by atoms with Crippen molar-refractivity contribution in [2.45, 2.75) is 38.8 Å². The molecule has 0 aliphatic carbocycles. The molecule has 1 aliphatic rings. The van der Waals surface area contributed by atoms with E-state index in [1.807, 2.05) is 30.3 Å². The zero-order valence-electron chi connectivity index (χ0n) is 14.6. The van der Waals surface area contributed by atoms with Gasteiger partial charge in [0.05, 0.1) is 12.2 Å². The molecular formula is C20H22N4O. The fourth-order valence-electron chi connectivity index (χ4n) is 3.03. The van der Waals surface area contributed by atoms with Crippen molar-refractivity contribution >= 4 is 5.69 Å². The van der Waals surface area contributed by atoms with Gasteiger partial charge in [-0.05, 0) is 62.6 Å². The number of ether oxygens (including phenoxy) is 1. The van der Waals surface area contributed by atoms with Gasteiger partial charge >= 0.3 is 0 Å². The van der Waals surface area contributed by atoms with Gasteiger partial charge in [-0.3, -0.25) is 0 Å². The first kappa shape index (κ1) is 15.7. The molecule has 1 aromatic heterocycles. The molecule has 5 heteroatoms. The normalized spacial score (nSPS) is 15.3. The number of hydrogen-bond donors (Lipinski definition) is 1. The van der Waals surface area contributed by atoms with E-state index in [4.69, 9.17) is 4.74 Å². The van der Waals surface area contributed by atoms with E-state index in [0.29, 0.717) is 6.54 Å². The average Bonchev–Trinajstić information content (AvgIpc) is 3.09. The maximum Gasteiger partial charge on any atom is 0.170 e. The van der Waals surface area contributed by atoms with Gasteiger partial charge in [-0.15, -0.1) is 5.10 Å². The number of rotatable bonds is 4. The summed E-state index contributed by atoms with van der Waals surface area (Å²) >= 11 is 0. The van der Waals surface area contributed by atoms with Gasteiger partial charge in [-0.1, -0.05) is 18.2 Å². The molecule has 3 aromatic rings. The van der Waals surface area contributed by atoms with Gasteiger partial charge in [-0.2, -0.15) is 0 Å². The molecule has 0 spiro atoms. The first-order chi connectivity index (χ1) is 12.1. The SMILES string of the molecule is CC1(C)CCc2cc(NCc3ncn(-c4ccccc4)n3)ccc2O1. The van der Waals surface area contributed by atoms with Gasteiger partial charge in [0.15, 0.2) is 5.82 Å². The van der Waals surface area contributed by atoms with Crippen LogP contribution in [0.1, 0.15) is 31.7 Å². The lowest BCUT2D eigenvalue weighted by molar-refractivity contribution is 0.0847. The second-order valence-electron chi connectivity index (χ2n) is 6.98. The van der Waals surface area contributed by atoms with E-state index in [1.165, 1.54) is 5.56 Å². The summed E-state index contributed by atoms with van der Waals surface area (Å²) in [5.74, 6) is 1.76. The summed E-state index contributed by atoms with van der Waals surface area (Å²) in [5, 5.41) is 7.92. The van der Waals surface area contributed by atoms with E-state index in [0.717, 1.165) is 35.8 Å². The summed E-state index contributed by atoms with van der Waals surface area (Å²) in [6.45, 7) is 4.86. The van der Waals surface area contributed by atoms with Crippen molar-refractivity contribution in [1.29, 1.82) is 0 Å². The topological polar surface area (TPSA) is 52.0 Å². The van der Waals surface area contributed by atoms with Crippen LogP contribution in [0.3, 0.4) is 0 Å². The summed E-state index contributed by atoms with van der Waals surface area (Å²) in [4.78, 5) is 4.38. The number of anilines is 1. The molecular weight excluding hydrogens is 312 g/mol. The summed E-state index contributed by atoms with van der Waals surface area (Å²) in [6, 6.07) is 16.3. The molecule has 0 bridgehead atoms. The zero-order valence-corrected chi connectivity index (χ0v) is 14.6. The minimum absolute atomic E-state index is 0.0733. The van der Waals surface area contributed by atoms with Gasteiger partial charge in [0.25, 0.3) is 0 Å². The molecule has 1 aliphatic heterocycles. The summed E-state index contributed by atoms with van der Waals surface area (Å²) in [7, 11) is 0. The van der Waals surface area contributed by atoms with Crippen LogP contribution < -0.4 is 10.1 Å². The Bertz CT molecular complexity index is 870. The molecule has 0 amide bonds. The first-order valence-electron chi connectivity index (χ1n) is 8.61. The van der Waals surface area contributed by atoms with E-state index in [2.05, 4.69) is 47.4 Å². The molecule has 0 saturated carbocycles. The van der Waals surface area contributed by atoms with Crippen LogP contribution >= 0.6 is 0 Å². The molecule has 0 unspecified atom stereocenters. The van der Waals surface area contributed by atoms with Crippen LogP contribution in [0.2, 0.25) is 0 Å². The predicted molar refractivity (Wildman–Crippen MR) is 98.2 cm³/mol. The molecule has 1 N–H and O–H groups in total. The Hall–Kier alpha value is -2.82. The van der Waals surface area contributed by atoms with Gasteiger partial charge in [0.1, 0.15) is 17.7 Å². The number of aryl methyl sites for hydroxylation is 1. The van der Waals surface area contributed by atoms with Crippen molar-refractivity contribution in [3.8, 4) is 11.4 Å². The quantitative estimate of drug-likeness (QED) is 0.784. The van der Waals surface area contributed by atoms with E-state index in [-0.39, 0.29) is 5.60 Å². The summed E-state index contributed by atoms with van der Waals surface area (Å²) in [6.07, 6.45) is 3.82. The van der Waals surface area contributed by atoms with Gasteiger partial charge in [0, 0.05) is 5.69 Å². The smallest absolute Gasteiger partial charge is 0.170 e. The van der Waals surface area contributed by atoms with E-state index < -0.39 is 0 Å². The highest BCUT2D eigenvalue weighted by atomic mass is 16.5. The lowest BCUT2D eigenvalue weighted by atomic mass is 9.94. The number of benzene rings is 2. The largest absolute Gasteiger partial charge is 0.488 e. The van der Waals surface area contributed by atoms with Gasteiger partial charge < -0.3 is 10.1 Å². The minimum Gasteiger partial charge on any atom is -0.488 e. The van der Waals surface area contributed by atoms with Gasteiger partial charge in [-0.25, -0.2) is 9.67 Å². The maximum absolute atomic E-state index is 6.03. The maximum atomic E-state index is 6.03. The van der Waals surface area contributed by atoms with Crippen molar-refractivity contribution in [3.63, 3.8) is 0 Å². The van der Waals surface area contributed by atoms with Crippen LogP contribution in [0.4, 0.5) is 5.69 Å². The number of hydrogen-bond acceptors (Lipinski definition) is 4. The highest BCUT2D eigenvalue weighted by Gasteiger charge is 2.26. The Balaban J connectivity index is 1.43. The molecule has 2 aromatic carbocycles. The van der Waals surface area contributed by atoms with Crippen LogP contribution in [0.5, 0.6) is 5.75 Å². The molecule has 25 heavy (non-hydrogen) atoms. The zero-order chi connectivity index (χ0) is 17.3. The van der Waals surface area contributed by atoms with Gasteiger partial charge in [0.2, 0.25) is 0 Å². The van der Waals surface area contributed by atoms with Crippen LogP contribution in [0.15, 0.2) is 54.9 Å². The lowest BCUT2D eigenvalue weighted by Crippen LogP contribution is -2.32. The second kappa shape index (κ2) is 6.24. The van der Waals surface area contributed by atoms with Crippen LogP contribution in [-0.2, 0) is 13.0 Å². The standard InChI is InChI=1S/C20H22N4O/c1-20(2)11-10-15-12-16(8-9-18(15)25-20)21-13-19-22-14-24(23-19)17-6-4-3-5-7-17/h3-9,12,14,21H,10-11,13H2,1-2H3. The van der Waals surface area contributed by atoms with E-state index >= 15 is 0 Å². The van der Waals surface area contributed by atoms with E-state index in [9.17, 15) is 0 Å². The Morgan fingerprint density at radius 1 is 1.16 bits per heavy atom. The number of aromatic nitrogens is 3. The second-order valence-corrected chi connectivity index (χ2v) is 6.98. The van der Waals surface area contributed by atoms with Crippen LogP contribution in [0.25, 0.3) is 5.69 Å². The molecule has 5 nitrogen and oxygen atoms in total. The van der Waals surface area contributed by atoms with Crippen molar-refractivity contribution < 1.29 is 4.74 Å². The first-order valence-corrected chi connectivity index (χ1v) is 8.61. The third kappa shape index (κ3) is 3.50. The molecule has 0 radical (unpaired) electrons. The van der Waals surface area contributed by atoms with Crippen molar-refractivity contribution in [1.82, 2.24) is 14.8 Å². The Morgan fingerprint density at radius 2 is 2.00 bits per heavy atom. The number of nitrogens with one attached hydrogen (secondary N) is 1. The third-order valence-corrected chi connectivity index (χ3v) is 4.45.